The van der Waals surface area contributed by atoms with Crippen LogP contribution in [0.5, 0.6) is 5.75 Å². The molecule has 1 aliphatic carbocycles. The highest BCUT2D eigenvalue weighted by atomic mass is 32.2. The molecule has 100 valence electrons. The fraction of sp³-hybridized carbons (Fsp3) is 0.500. The number of anilines is 1. The standard InChI is InChI=1S/C12H18N2O3S/c1-17-12-4-2-3-11(9-12)14-18(15,16)8-7-13-10-5-6-10/h2-4,9-10,13-14H,5-8H2,1H3. The van der Waals surface area contributed by atoms with Crippen molar-refractivity contribution in [3.63, 3.8) is 0 Å². The predicted octanol–water partition coefficient (Wildman–Crippen LogP) is 1.19. The highest BCUT2D eigenvalue weighted by molar-refractivity contribution is 7.92. The van der Waals surface area contributed by atoms with Crippen LogP contribution in [0.15, 0.2) is 24.3 Å². The van der Waals surface area contributed by atoms with Gasteiger partial charge in [-0.1, -0.05) is 6.07 Å². The molecule has 18 heavy (non-hydrogen) atoms. The predicted molar refractivity (Wildman–Crippen MR) is 71.4 cm³/mol. The molecule has 0 aromatic heterocycles. The van der Waals surface area contributed by atoms with Crippen molar-refractivity contribution in [2.75, 3.05) is 24.1 Å². The van der Waals surface area contributed by atoms with Crippen molar-refractivity contribution >= 4 is 15.7 Å². The van der Waals surface area contributed by atoms with E-state index in [9.17, 15) is 8.42 Å². The molecule has 0 unspecified atom stereocenters. The van der Waals surface area contributed by atoms with Crippen LogP contribution in [0.1, 0.15) is 12.8 Å². The molecule has 0 amide bonds. The summed E-state index contributed by atoms with van der Waals surface area (Å²) in [6.07, 6.45) is 2.31. The van der Waals surface area contributed by atoms with Gasteiger partial charge in [0.25, 0.3) is 0 Å². The molecule has 1 aromatic carbocycles. The molecular formula is C12H18N2O3S. The van der Waals surface area contributed by atoms with Crippen LogP contribution >= 0.6 is 0 Å². The first-order chi connectivity index (χ1) is 8.59. The van der Waals surface area contributed by atoms with Crippen molar-refractivity contribution in [2.45, 2.75) is 18.9 Å². The van der Waals surface area contributed by atoms with Crippen LogP contribution < -0.4 is 14.8 Å². The van der Waals surface area contributed by atoms with Gasteiger partial charge >= 0.3 is 0 Å². The van der Waals surface area contributed by atoms with Gasteiger partial charge in [-0.15, -0.1) is 0 Å². The number of ether oxygens (including phenoxy) is 1. The molecular weight excluding hydrogens is 252 g/mol. The van der Waals surface area contributed by atoms with Crippen LogP contribution in [-0.4, -0.2) is 33.9 Å². The van der Waals surface area contributed by atoms with Gasteiger partial charge in [-0.3, -0.25) is 4.72 Å². The topological polar surface area (TPSA) is 67.4 Å². The van der Waals surface area contributed by atoms with E-state index in [4.69, 9.17) is 4.74 Å². The Bertz CT molecular complexity index is 498. The molecule has 2 rings (SSSR count). The van der Waals surface area contributed by atoms with Gasteiger partial charge in [0.2, 0.25) is 10.0 Å². The fourth-order valence-corrected chi connectivity index (χ4v) is 2.58. The minimum absolute atomic E-state index is 0.0840. The molecule has 0 radical (unpaired) electrons. The Kier molecular flexibility index (Phi) is 4.08. The highest BCUT2D eigenvalue weighted by Crippen LogP contribution is 2.19. The van der Waals surface area contributed by atoms with Crippen molar-refractivity contribution in [2.24, 2.45) is 0 Å². The Morgan fingerprint density at radius 1 is 1.39 bits per heavy atom. The van der Waals surface area contributed by atoms with E-state index in [1.807, 2.05) is 0 Å². The Balaban J connectivity index is 1.88. The van der Waals surface area contributed by atoms with E-state index in [1.165, 1.54) is 0 Å². The molecule has 0 saturated heterocycles. The zero-order chi connectivity index (χ0) is 13.0. The minimum atomic E-state index is -3.30. The summed E-state index contributed by atoms with van der Waals surface area (Å²) in [4.78, 5) is 0. The number of sulfonamides is 1. The molecule has 1 aliphatic rings. The Hall–Kier alpha value is -1.27. The normalized spacial score (nSPS) is 15.4. The minimum Gasteiger partial charge on any atom is -0.497 e. The molecule has 5 nitrogen and oxygen atoms in total. The molecule has 1 saturated carbocycles. The molecule has 0 heterocycles. The summed E-state index contributed by atoms with van der Waals surface area (Å²) >= 11 is 0. The summed E-state index contributed by atoms with van der Waals surface area (Å²) in [7, 11) is -1.75. The van der Waals surface area contributed by atoms with E-state index >= 15 is 0 Å². The molecule has 0 spiro atoms. The van der Waals surface area contributed by atoms with Crippen LogP contribution in [0.4, 0.5) is 5.69 Å². The Morgan fingerprint density at radius 2 is 2.17 bits per heavy atom. The van der Waals surface area contributed by atoms with Gasteiger partial charge in [-0.2, -0.15) is 0 Å². The summed E-state index contributed by atoms with van der Waals surface area (Å²) in [5.41, 5.74) is 0.528. The fourth-order valence-electron chi connectivity index (χ4n) is 1.60. The second-order valence-corrected chi connectivity index (χ2v) is 6.22. The first-order valence-corrected chi connectivity index (χ1v) is 7.62. The highest BCUT2D eigenvalue weighted by Gasteiger charge is 2.21. The van der Waals surface area contributed by atoms with Gasteiger partial charge in [0.1, 0.15) is 5.75 Å². The average Bonchev–Trinajstić information content (AvgIpc) is 3.12. The smallest absolute Gasteiger partial charge is 0.233 e. The molecule has 6 heteroatoms. The second-order valence-electron chi connectivity index (χ2n) is 4.38. The zero-order valence-corrected chi connectivity index (χ0v) is 11.2. The summed E-state index contributed by atoms with van der Waals surface area (Å²) in [5, 5.41) is 3.18. The quantitative estimate of drug-likeness (QED) is 0.781. The van der Waals surface area contributed by atoms with E-state index in [0.717, 1.165) is 12.8 Å². The van der Waals surface area contributed by atoms with Gasteiger partial charge in [0.15, 0.2) is 0 Å². The lowest BCUT2D eigenvalue weighted by Crippen LogP contribution is -2.27. The van der Waals surface area contributed by atoms with Crippen molar-refractivity contribution in [1.29, 1.82) is 0 Å². The first-order valence-electron chi connectivity index (χ1n) is 5.97. The third kappa shape index (κ3) is 4.19. The van der Waals surface area contributed by atoms with Gasteiger partial charge in [0, 0.05) is 18.7 Å². The molecule has 0 bridgehead atoms. The summed E-state index contributed by atoms with van der Waals surface area (Å²) in [6.45, 7) is 0.490. The van der Waals surface area contributed by atoms with Crippen molar-refractivity contribution in [3.8, 4) is 5.75 Å². The second kappa shape index (κ2) is 5.58. The van der Waals surface area contributed by atoms with Crippen LogP contribution in [0.3, 0.4) is 0 Å². The van der Waals surface area contributed by atoms with E-state index in [0.29, 0.717) is 24.0 Å². The largest absolute Gasteiger partial charge is 0.497 e. The Morgan fingerprint density at radius 3 is 2.83 bits per heavy atom. The van der Waals surface area contributed by atoms with Gasteiger partial charge < -0.3 is 10.1 Å². The first kappa shape index (κ1) is 13.2. The zero-order valence-electron chi connectivity index (χ0n) is 10.3. The average molecular weight is 270 g/mol. The van der Waals surface area contributed by atoms with Crippen molar-refractivity contribution in [1.82, 2.24) is 5.32 Å². The molecule has 1 fully saturated rings. The maximum Gasteiger partial charge on any atom is 0.233 e. The van der Waals surface area contributed by atoms with Crippen LogP contribution in [0.2, 0.25) is 0 Å². The third-order valence-corrected chi connectivity index (χ3v) is 4.01. The Labute approximate surface area is 108 Å². The lowest BCUT2D eigenvalue weighted by atomic mass is 10.3. The number of methoxy groups -OCH3 is 1. The van der Waals surface area contributed by atoms with Crippen LogP contribution in [0, 0.1) is 0 Å². The number of benzene rings is 1. The molecule has 2 N–H and O–H groups in total. The lowest BCUT2D eigenvalue weighted by Gasteiger charge is -2.09. The van der Waals surface area contributed by atoms with Crippen molar-refractivity contribution < 1.29 is 13.2 Å². The molecule has 0 atom stereocenters. The number of rotatable bonds is 7. The van der Waals surface area contributed by atoms with Gasteiger partial charge in [-0.05, 0) is 25.0 Å². The maximum absolute atomic E-state index is 11.8. The third-order valence-electron chi connectivity index (χ3n) is 2.72. The van der Waals surface area contributed by atoms with E-state index in [2.05, 4.69) is 10.0 Å². The molecule has 1 aromatic rings. The summed E-state index contributed by atoms with van der Waals surface area (Å²) in [5.74, 6) is 0.715. The van der Waals surface area contributed by atoms with E-state index < -0.39 is 10.0 Å². The number of nitrogens with one attached hydrogen (secondary N) is 2. The summed E-state index contributed by atoms with van der Waals surface area (Å²) < 4.78 is 31.2. The number of hydrogen-bond donors (Lipinski definition) is 2. The van der Waals surface area contributed by atoms with E-state index in [-0.39, 0.29) is 5.75 Å². The molecule has 0 aliphatic heterocycles. The van der Waals surface area contributed by atoms with Gasteiger partial charge in [-0.25, -0.2) is 8.42 Å². The summed E-state index contributed by atoms with van der Waals surface area (Å²) in [6, 6.07) is 7.41. The van der Waals surface area contributed by atoms with Crippen molar-refractivity contribution in [3.05, 3.63) is 24.3 Å². The van der Waals surface area contributed by atoms with Crippen LogP contribution in [-0.2, 0) is 10.0 Å². The number of hydrogen-bond acceptors (Lipinski definition) is 4. The monoisotopic (exact) mass is 270 g/mol. The van der Waals surface area contributed by atoms with E-state index in [1.54, 1.807) is 31.4 Å². The maximum atomic E-state index is 11.8. The SMILES string of the molecule is COc1cccc(NS(=O)(=O)CCNC2CC2)c1. The van der Waals surface area contributed by atoms with Crippen LogP contribution in [0.25, 0.3) is 0 Å². The van der Waals surface area contributed by atoms with Gasteiger partial charge in [0.05, 0.1) is 18.6 Å². The lowest BCUT2D eigenvalue weighted by molar-refractivity contribution is 0.415.